The molecule has 0 saturated carbocycles. The van der Waals surface area contributed by atoms with Crippen LogP contribution in [0, 0.1) is 0 Å². The number of hydrogen-bond acceptors (Lipinski definition) is 5. The van der Waals surface area contributed by atoms with Gasteiger partial charge in [-0.1, -0.05) is 11.6 Å². The second-order valence-corrected chi connectivity index (χ2v) is 6.08. The summed E-state index contributed by atoms with van der Waals surface area (Å²) in [6.45, 7) is 7.82. The molecule has 5 nitrogen and oxygen atoms in total. The van der Waals surface area contributed by atoms with Gasteiger partial charge in [0.2, 0.25) is 0 Å². The predicted molar refractivity (Wildman–Crippen MR) is 76.3 cm³/mol. The Morgan fingerprint density at radius 1 is 1.25 bits per heavy atom. The molecule has 2 rings (SSSR count). The zero-order chi connectivity index (χ0) is 15.1. The number of rotatable bonds is 2. The molecule has 0 atom stereocenters. The van der Waals surface area contributed by atoms with Crippen LogP contribution in [0.2, 0.25) is 5.15 Å². The molecule has 0 radical (unpaired) electrons. The number of carbonyl (C=O) groups excluding carboxylic acids is 1. The number of esters is 1. The van der Waals surface area contributed by atoms with Crippen LogP contribution in [0.4, 0.5) is 0 Å². The minimum atomic E-state index is -0.594. The van der Waals surface area contributed by atoms with Gasteiger partial charge < -0.3 is 14.0 Å². The lowest BCUT2D eigenvalue weighted by molar-refractivity contribution is 0.00578. The van der Waals surface area contributed by atoms with E-state index >= 15 is 0 Å². The summed E-state index contributed by atoms with van der Waals surface area (Å²) in [6, 6.07) is 3.19. The molecule has 0 aromatic carbocycles. The summed E-state index contributed by atoms with van der Waals surface area (Å²) in [7, 11) is 0.697. The zero-order valence-corrected chi connectivity index (χ0v) is 12.9. The van der Waals surface area contributed by atoms with E-state index in [0.29, 0.717) is 5.46 Å². The van der Waals surface area contributed by atoms with Gasteiger partial charge >= 0.3 is 13.1 Å². The van der Waals surface area contributed by atoms with Gasteiger partial charge in [0.15, 0.2) is 0 Å². The van der Waals surface area contributed by atoms with Crippen LogP contribution in [-0.4, -0.2) is 36.4 Å². The second kappa shape index (κ2) is 5.02. The van der Waals surface area contributed by atoms with Gasteiger partial charge in [0.1, 0.15) is 10.8 Å². The van der Waals surface area contributed by atoms with Gasteiger partial charge in [-0.2, -0.15) is 0 Å². The van der Waals surface area contributed by atoms with Crippen molar-refractivity contribution in [1.82, 2.24) is 4.98 Å². The second-order valence-electron chi connectivity index (χ2n) is 5.69. The number of nitrogens with zero attached hydrogens (tertiary/aromatic N) is 1. The van der Waals surface area contributed by atoms with Crippen molar-refractivity contribution in [3.05, 3.63) is 23.0 Å². The molecular formula is C13H17BClNO4. The maximum absolute atomic E-state index is 11.6. The Morgan fingerprint density at radius 3 is 2.30 bits per heavy atom. The lowest BCUT2D eigenvalue weighted by Gasteiger charge is -2.32. The van der Waals surface area contributed by atoms with Crippen molar-refractivity contribution in [2.75, 3.05) is 7.11 Å². The van der Waals surface area contributed by atoms with E-state index in [9.17, 15) is 4.79 Å². The molecule has 20 heavy (non-hydrogen) atoms. The third kappa shape index (κ3) is 2.68. The fourth-order valence-corrected chi connectivity index (χ4v) is 2.06. The first-order chi connectivity index (χ1) is 9.16. The molecule has 0 amide bonds. The van der Waals surface area contributed by atoms with Gasteiger partial charge in [-0.25, -0.2) is 9.78 Å². The van der Waals surface area contributed by atoms with Crippen LogP contribution in [0.15, 0.2) is 12.1 Å². The number of hydrogen-bond donors (Lipinski definition) is 0. The fourth-order valence-electron chi connectivity index (χ4n) is 1.84. The monoisotopic (exact) mass is 297 g/mol. The largest absolute Gasteiger partial charge is 0.495 e. The van der Waals surface area contributed by atoms with E-state index in [0.717, 1.165) is 0 Å². The molecule has 0 aliphatic carbocycles. The van der Waals surface area contributed by atoms with Crippen molar-refractivity contribution in [3.8, 4) is 0 Å². The highest BCUT2D eigenvalue weighted by molar-refractivity contribution is 6.62. The van der Waals surface area contributed by atoms with Crippen LogP contribution in [-0.2, 0) is 14.0 Å². The topological polar surface area (TPSA) is 57.7 Å². The standard InChI is InChI=1S/C13H17BClNO4/c1-12(2)13(3,4)20-14(19-12)8-6-9(11(17)18-5)16-10(15)7-8/h6-7H,1-5H3. The summed E-state index contributed by atoms with van der Waals surface area (Å²) in [6.07, 6.45) is 0. The van der Waals surface area contributed by atoms with E-state index in [-0.39, 0.29) is 10.8 Å². The molecule has 0 bridgehead atoms. The minimum absolute atomic E-state index is 0.129. The van der Waals surface area contributed by atoms with Crippen molar-refractivity contribution >= 4 is 30.2 Å². The first kappa shape index (κ1) is 15.3. The molecule has 0 unspecified atom stereocenters. The summed E-state index contributed by atoms with van der Waals surface area (Å²) in [5, 5.41) is 0.192. The smallest absolute Gasteiger partial charge is 0.464 e. The third-order valence-corrected chi connectivity index (χ3v) is 3.93. The van der Waals surface area contributed by atoms with Gasteiger partial charge in [-0.15, -0.1) is 0 Å². The number of halogens is 1. The minimum Gasteiger partial charge on any atom is -0.464 e. The van der Waals surface area contributed by atoms with Crippen LogP contribution in [0.5, 0.6) is 0 Å². The van der Waals surface area contributed by atoms with Gasteiger partial charge in [0.25, 0.3) is 0 Å². The van der Waals surface area contributed by atoms with Gasteiger partial charge in [-0.05, 0) is 45.3 Å². The quantitative estimate of drug-likeness (QED) is 0.473. The predicted octanol–water partition coefficient (Wildman–Crippen LogP) is 1.82. The maximum Gasteiger partial charge on any atom is 0.495 e. The molecule has 0 N–H and O–H groups in total. The molecule has 0 spiro atoms. The van der Waals surface area contributed by atoms with E-state index in [1.807, 2.05) is 27.7 Å². The van der Waals surface area contributed by atoms with E-state index in [4.69, 9.17) is 20.9 Å². The van der Waals surface area contributed by atoms with Gasteiger partial charge in [-0.3, -0.25) is 0 Å². The Bertz CT molecular complexity index is 531. The summed E-state index contributed by atoms with van der Waals surface area (Å²) in [4.78, 5) is 15.5. The maximum atomic E-state index is 11.6. The summed E-state index contributed by atoms with van der Waals surface area (Å²) in [5.74, 6) is -0.551. The number of methoxy groups -OCH3 is 1. The lowest BCUT2D eigenvalue weighted by Crippen LogP contribution is -2.41. The van der Waals surface area contributed by atoms with Gasteiger partial charge in [0, 0.05) is 0 Å². The van der Waals surface area contributed by atoms with Crippen molar-refractivity contribution in [1.29, 1.82) is 0 Å². The summed E-state index contributed by atoms with van der Waals surface area (Å²) < 4.78 is 16.5. The number of carbonyl (C=O) groups is 1. The Labute approximate surface area is 123 Å². The normalized spacial score (nSPS) is 20.0. The fraction of sp³-hybridized carbons (Fsp3) is 0.538. The van der Waals surface area contributed by atoms with Crippen LogP contribution in [0.25, 0.3) is 0 Å². The van der Waals surface area contributed by atoms with Crippen molar-refractivity contribution in [2.45, 2.75) is 38.9 Å². The highest BCUT2D eigenvalue weighted by Gasteiger charge is 2.51. The molecule has 2 heterocycles. The van der Waals surface area contributed by atoms with Crippen LogP contribution in [0.3, 0.4) is 0 Å². The SMILES string of the molecule is COC(=O)c1cc(B2OC(C)(C)C(C)(C)O2)cc(Cl)n1. The first-order valence-electron chi connectivity index (χ1n) is 6.28. The van der Waals surface area contributed by atoms with E-state index in [1.54, 1.807) is 12.1 Å². The molecule has 1 aromatic rings. The average molecular weight is 298 g/mol. The lowest BCUT2D eigenvalue weighted by atomic mass is 9.79. The number of aromatic nitrogens is 1. The summed E-state index contributed by atoms with van der Waals surface area (Å²) >= 11 is 5.94. The van der Waals surface area contributed by atoms with Crippen LogP contribution >= 0.6 is 11.6 Å². The molecule has 1 aliphatic heterocycles. The molecule has 108 valence electrons. The highest BCUT2D eigenvalue weighted by Crippen LogP contribution is 2.36. The first-order valence-corrected chi connectivity index (χ1v) is 6.65. The van der Waals surface area contributed by atoms with E-state index < -0.39 is 24.3 Å². The molecule has 7 heteroatoms. The third-order valence-electron chi connectivity index (χ3n) is 3.74. The Hall–Kier alpha value is -1.11. The molecule has 1 aliphatic rings. The summed E-state index contributed by atoms with van der Waals surface area (Å²) in [5.41, 5.74) is -0.147. The molecule has 1 saturated heterocycles. The highest BCUT2D eigenvalue weighted by atomic mass is 35.5. The number of ether oxygens (including phenoxy) is 1. The Morgan fingerprint density at radius 2 is 1.80 bits per heavy atom. The Kier molecular flexibility index (Phi) is 3.84. The van der Waals surface area contributed by atoms with Crippen molar-refractivity contribution < 1.29 is 18.8 Å². The molecule has 1 fully saturated rings. The van der Waals surface area contributed by atoms with Crippen molar-refractivity contribution in [3.63, 3.8) is 0 Å². The molecule has 1 aromatic heterocycles. The van der Waals surface area contributed by atoms with E-state index in [2.05, 4.69) is 9.72 Å². The Balaban J connectivity index is 2.35. The van der Waals surface area contributed by atoms with Crippen LogP contribution in [0.1, 0.15) is 38.2 Å². The van der Waals surface area contributed by atoms with Crippen LogP contribution < -0.4 is 5.46 Å². The van der Waals surface area contributed by atoms with Gasteiger partial charge in [0.05, 0.1) is 18.3 Å². The average Bonchev–Trinajstić information content (AvgIpc) is 2.57. The zero-order valence-electron chi connectivity index (χ0n) is 12.2. The van der Waals surface area contributed by atoms with Crippen molar-refractivity contribution in [2.24, 2.45) is 0 Å². The van der Waals surface area contributed by atoms with E-state index in [1.165, 1.54) is 7.11 Å². The number of pyridine rings is 1. The molecular weight excluding hydrogens is 280 g/mol.